The average molecular weight is 323 g/mol. The smallest absolute Gasteiger partial charge is 0.230 e. The van der Waals surface area contributed by atoms with Gasteiger partial charge in [-0.3, -0.25) is 4.79 Å². The average Bonchev–Trinajstić information content (AvgIpc) is 3.02. The van der Waals surface area contributed by atoms with E-state index in [2.05, 4.69) is 29.4 Å². The molecule has 0 bridgehead atoms. The Bertz CT molecular complexity index is 649. The minimum atomic E-state index is -0.0461. The summed E-state index contributed by atoms with van der Waals surface area (Å²) in [5, 5.41) is 11.5. The topological polar surface area (TPSA) is 99.0 Å². The first-order valence-corrected chi connectivity index (χ1v) is 8.05. The van der Waals surface area contributed by atoms with E-state index in [-0.39, 0.29) is 17.7 Å². The Morgan fingerprint density at radius 1 is 1.45 bits per heavy atom. The number of thioether (sulfide) groups is 1. The van der Waals surface area contributed by atoms with Gasteiger partial charge in [0.15, 0.2) is 5.82 Å². The number of amides is 1. The predicted molar refractivity (Wildman–Crippen MR) is 85.8 cm³/mol. The molecule has 7 nitrogen and oxygen atoms in total. The molecule has 22 heavy (non-hydrogen) atoms. The van der Waals surface area contributed by atoms with E-state index in [1.165, 1.54) is 16.4 Å². The highest BCUT2D eigenvalue weighted by molar-refractivity contribution is 7.99. The van der Waals surface area contributed by atoms with Gasteiger partial charge in [0.05, 0.1) is 17.6 Å². The zero-order valence-corrected chi connectivity index (χ0v) is 14.0. The van der Waals surface area contributed by atoms with Gasteiger partial charge in [0.1, 0.15) is 5.76 Å². The molecule has 0 fully saturated rings. The number of carbonyl (C=O) groups is 1. The lowest BCUT2D eigenvalue weighted by Crippen LogP contribution is -2.37. The highest BCUT2D eigenvalue weighted by Gasteiger charge is 2.17. The maximum Gasteiger partial charge on any atom is 0.230 e. The Labute approximate surface area is 133 Å². The van der Waals surface area contributed by atoms with E-state index in [4.69, 9.17) is 10.3 Å². The number of aryl methyl sites for hydroxylation is 1. The molecule has 120 valence electrons. The number of hydrogen-bond acceptors (Lipinski definition) is 6. The third-order valence-electron chi connectivity index (χ3n) is 3.49. The Morgan fingerprint density at radius 3 is 2.77 bits per heavy atom. The molecule has 0 spiro atoms. The first-order chi connectivity index (χ1) is 10.4. The lowest BCUT2D eigenvalue weighted by atomic mass is 10.1. The van der Waals surface area contributed by atoms with Crippen molar-refractivity contribution in [1.29, 1.82) is 0 Å². The van der Waals surface area contributed by atoms with Crippen LogP contribution in [0, 0.1) is 12.8 Å². The van der Waals surface area contributed by atoms with Gasteiger partial charge < -0.3 is 15.6 Å². The van der Waals surface area contributed by atoms with Crippen molar-refractivity contribution in [2.75, 3.05) is 11.6 Å². The normalized spacial score (nSPS) is 12.6. The fraction of sp³-hybridized carbons (Fsp3) is 0.500. The SMILES string of the molecule is Cc1occc1-c1nnc(SCC(=O)NC(C)C(C)C)n1N. The number of carbonyl (C=O) groups excluding carboxylic acids is 1. The fourth-order valence-electron chi connectivity index (χ4n) is 1.77. The van der Waals surface area contributed by atoms with Gasteiger partial charge in [-0.2, -0.15) is 0 Å². The van der Waals surface area contributed by atoms with Crippen LogP contribution in [0.1, 0.15) is 26.5 Å². The molecule has 2 aromatic heterocycles. The molecule has 1 unspecified atom stereocenters. The van der Waals surface area contributed by atoms with Crippen molar-refractivity contribution >= 4 is 17.7 Å². The third kappa shape index (κ3) is 3.62. The van der Waals surface area contributed by atoms with Crippen molar-refractivity contribution in [3.63, 3.8) is 0 Å². The van der Waals surface area contributed by atoms with E-state index >= 15 is 0 Å². The lowest BCUT2D eigenvalue weighted by molar-refractivity contribution is -0.119. The van der Waals surface area contributed by atoms with Crippen LogP contribution in [0.25, 0.3) is 11.4 Å². The van der Waals surface area contributed by atoms with Crippen LogP contribution in [-0.2, 0) is 4.79 Å². The molecule has 0 aliphatic carbocycles. The van der Waals surface area contributed by atoms with Gasteiger partial charge in [0, 0.05) is 6.04 Å². The number of nitrogens with zero attached hydrogens (tertiary/aromatic N) is 3. The molecule has 0 saturated carbocycles. The summed E-state index contributed by atoms with van der Waals surface area (Å²) >= 11 is 1.25. The Balaban J connectivity index is 1.99. The number of aromatic nitrogens is 3. The third-order valence-corrected chi connectivity index (χ3v) is 4.43. The van der Waals surface area contributed by atoms with Gasteiger partial charge in [-0.25, -0.2) is 4.68 Å². The number of rotatable bonds is 6. The number of nitrogens with one attached hydrogen (secondary N) is 1. The maximum absolute atomic E-state index is 11.9. The zero-order valence-electron chi connectivity index (χ0n) is 13.2. The van der Waals surface area contributed by atoms with E-state index in [9.17, 15) is 4.79 Å². The van der Waals surface area contributed by atoms with Crippen LogP contribution in [0.4, 0.5) is 0 Å². The molecule has 0 aliphatic heterocycles. The zero-order chi connectivity index (χ0) is 16.3. The van der Waals surface area contributed by atoms with Crippen molar-refractivity contribution in [2.24, 2.45) is 5.92 Å². The van der Waals surface area contributed by atoms with Gasteiger partial charge in [-0.15, -0.1) is 10.2 Å². The molecule has 0 radical (unpaired) electrons. The summed E-state index contributed by atoms with van der Waals surface area (Å²) < 4.78 is 6.62. The quantitative estimate of drug-likeness (QED) is 0.621. The minimum Gasteiger partial charge on any atom is -0.469 e. The maximum atomic E-state index is 11.9. The van der Waals surface area contributed by atoms with Crippen molar-refractivity contribution < 1.29 is 9.21 Å². The molecule has 0 aromatic carbocycles. The molecule has 8 heteroatoms. The van der Waals surface area contributed by atoms with E-state index in [1.807, 2.05) is 13.8 Å². The van der Waals surface area contributed by atoms with Crippen molar-refractivity contribution in [2.45, 2.75) is 38.9 Å². The second-order valence-corrected chi connectivity index (χ2v) is 6.40. The molecule has 2 aromatic rings. The largest absolute Gasteiger partial charge is 0.469 e. The summed E-state index contributed by atoms with van der Waals surface area (Å²) in [4.78, 5) is 11.9. The predicted octanol–water partition coefficient (Wildman–Crippen LogP) is 1.81. The van der Waals surface area contributed by atoms with Crippen LogP contribution in [0.15, 0.2) is 21.9 Å². The number of nitrogen functional groups attached to an aromatic ring is 1. The first-order valence-electron chi connectivity index (χ1n) is 7.07. The second kappa shape index (κ2) is 6.87. The summed E-state index contributed by atoms with van der Waals surface area (Å²) in [6.45, 7) is 7.94. The molecule has 2 rings (SSSR count). The highest BCUT2D eigenvalue weighted by Crippen LogP contribution is 2.24. The molecule has 0 saturated heterocycles. The Kier molecular flexibility index (Phi) is 5.12. The van der Waals surface area contributed by atoms with Crippen LogP contribution in [0.5, 0.6) is 0 Å². The molecule has 1 amide bonds. The Morgan fingerprint density at radius 2 is 2.18 bits per heavy atom. The molecular formula is C14H21N5O2S. The molecule has 3 N–H and O–H groups in total. The number of nitrogens with two attached hydrogens (primary N) is 1. The van der Waals surface area contributed by atoms with Crippen LogP contribution in [0.3, 0.4) is 0 Å². The van der Waals surface area contributed by atoms with E-state index < -0.39 is 0 Å². The van der Waals surface area contributed by atoms with E-state index in [0.29, 0.717) is 16.9 Å². The fourth-order valence-corrected chi connectivity index (χ4v) is 2.44. The van der Waals surface area contributed by atoms with Crippen molar-refractivity contribution in [3.8, 4) is 11.4 Å². The monoisotopic (exact) mass is 323 g/mol. The van der Waals surface area contributed by atoms with E-state index in [1.54, 1.807) is 12.3 Å². The van der Waals surface area contributed by atoms with Gasteiger partial charge in [-0.1, -0.05) is 25.6 Å². The van der Waals surface area contributed by atoms with Gasteiger partial charge in [0.25, 0.3) is 0 Å². The van der Waals surface area contributed by atoms with Crippen LogP contribution >= 0.6 is 11.8 Å². The van der Waals surface area contributed by atoms with Gasteiger partial charge in [-0.05, 0) is 25.8 Å². The molecular weight excluding hydrogens is 302 g/mol. The molecule has 1 atom stereocenters. The molecule has 2 heterocycles. The van der Waals surface area contributed by atoms with Gasteiger partial charge >= 0.3 is 0 Å². The highest BCUT2D eigenvalue weighted by atomic mass is 32.2. The molecule has 0 aliphatic rings. The Hall–Kier alpha value is -1.96. The number of hydrogen-bond donors (Lipinski definition) is 2. The summed E-state index contributed by atoms with van der Waals surface area (Å²) in [5.74, 6) is 7.83. The minimum absolute atomic E-state index is 0.0461. The van der Waals surface area contributed by atoms with Crippen molar-refractivity contribution in [1.82, 2.24) is 20.2 Å². The first kappa shape index (κ1) is 16.4. The van der Waals surface area contributed by atoms with Crippen LogP contribution in [-0.4, -0.2) is 32.6 Å². The van der Waals surface area contributed by atoms with Crippen molar-refractivity contribution in [3.05, 3.63) is 18.1 Å². The standard InChI is InChI=1S/C14H21N5O2S/c1-8(2)9(3)16-12(20)7-22-14-18-17-13(19(14)15)11-5-6-21-10(11)4/h5-6,8-9H,7,15H2,1-4H3,(H,16,20). The summed E-state index contributed by atoms with van der Waals surface area (Å²) in [6, 6.07) is 1.92. The summed E-state index contributed by atoms with van der Waals surface area (Å²) in [5.41, 5.74) is 0.791. The van der Waals surface area contributed by atoms with Crippen LogP contribution in [0.2, 0.25) is 0 Å². The second-order valence-electron chi connectivity index (χ2n) is 5.46. The van der Waals surface area contributed by atoms with Crippen LogP contribution < -0.4 is 11.2 Å². The number of furan rings is 1. The lowest BCUT2D eigenvalue weighted by Gasteiger charge is -2.16. The summed E-state index contributed by atoms with van der Waals surface area (Å²) in [6.07, 6.45) is 1.58. The van der Waals surface area contributed by atoms with Gasteiger partial charge in [0.2, 0.25) is 11.1 Å². The summed E-state index contributed by atoms with van der Waals surface area (Å²) in [7, 11) is 0. The van der Waals surface area contributed by atoms with E-state index in [0.717, 1.165) is 11.3 Å².